The zero-order valence-electron chi connectivity index (χ0n) is 12.0. The van der Waals surface area contributed by atoms with E-state index in [0.717, 1.165) is 0 Å². The number of methoxy groups -OCH3 is 1. The Labute approximate surface area is 127 Å². The molecule has 7 heteroatoms. The first-order chi connectivity index (χ1) is 10.6. The average molecular weight is 307 g/mol. The number of rotatable bonds is 3. The second-order valence-electron chi connectivity index (χ2n) is 5.31. The molecule has 1 amide bonds. The molecule has 0 spiro atoms. The van der Waals surface area contributed by atoms with Gasteiger partial charge in [-0.25, -0.2) is 4.79 Å². The summed E-state index contributed by atoms with van der Waals surface area (Å²) >= 11 is 0. The van der Waals surface area contributed by atoms with Crippen LogP contribution in [0, 0.1) is 0 Å². The van der Waals surface area contributed by atoms with Gasteiger partial charge in [-0.2, -0.15) is 0 Å². The molecule has 0 aromatic heterocycles. The Morgan fingerprint density at radius 2 is 1.77 bits per heavy atom. The molecule has 22 heavy (non-hydrogen) atoms. The quantitative estimate of drug-likeness (QED) is 0.747. The van der Waals surface area contributed by atoms with Crippen molar-refractivity contribution in [1.82, 2.24) is 5.32 Å². The monoisotopic (exact) mass is 307 g/mol. The summed E-state index contributed by atoms with van der Waals surface area (Å²) in [6.07, 6.45) is -1.36. The Hall–Kier alpha value is -1.96. The predicted octanol–water partition coefficient (Wildman–Crippen LogP) is -0.270. The lowest BCUT2D eigenvalue weighted by Gasteiger charge is -2.17. The summed E-state index contributed by atoms with van der Waals surface area (Å²) in [5.41, 5.74) is 0.806. The van der Waals surface area contributed by atoms with Gasteiger partial charge in [-0.3, -0.25) is 4.79 Å². The summed E-state index contributed by atoms with van der Waals surface area (Å²) in [5.74, 6) is -0.733. The van der Waals surface area contributed by atoms with Gasteiger partial charge in [-0.05, 0) is 24.3 Å². The van der Waals surface area contributed by atoms with Crippen LogP contribution < -0.4 is 5.32 Å². The fourth-order valence-electron chi connectivity index (χ4n) is 2.73. The molecule has 0 bridgehead atoms. The first-order valence-corrected chi connectivity index (χ1v) is 7.00. The molecule has 1 aromatic rings. The van der Waals surface area contributed by atoms with Gasteiger partial charge in [0.25, 0.3) is 5.91 Å². The normalized spacial score (nSPS) is 29.9. The van der Waals surface area contributed by atoms with E-state index in [1.54, 1.807) is 12.1 Å². The number of fused-ring (bicyclic) bond motifs is 1. The molecular formula is C15H17NO6. The molecule has 2 saturated heterocycles. The standard InChI is InChI=1S/C15H17NO6/c1-20-15(19)9-4-2-8(3-5-9)14(18)16-10-6-21-13-11(17)7-22-12(10)13/h2-5,10-13,17H,6-7H2,1H3,(H,16,18)/t10-,11-,12-,13-/m1/s1. The van der Waals surface area contributed by atoms with Crippen LogP contribution in [0.1, 0.15) is 20.7 Å². The largest absolute Gasteiger partial charge is 0.465 e. The van der Waals surface area contributed by atoms with Gasteiger partial charge in [0.05, 0.1) is 31.9 Å². The van der Waals surface area contributed by atoms with E-state index < -0.39 is 12.1 Å². The first kappa shape index (κ1) is 15.0. The van der Waals surface area contributed by atoms with Crippen molar-refractivity contribution in [2.24, 2.45) is 0 Å². The van der Waals surface area contributed by atoms with E-state index in [4.69, 9.17) is 9.47 Å². The van der Waals surface area contributed by atoms with Crippen LogP contribution in [0.3, 0.4) is 0 Å². The number of esters is 1. The number of carbonyl (C=O) groups excluding carboxylic acids is 2. The van der Waals surface area contributed by atoms with E-state index >= 15 is 0 Å². The minimum atomic E-state index is -0.647. The van der Waals surface area contributed by atoms with E-state index in [0.29, 0.717) is 17.7 Å². The van der Waals surface area contributed by atoms with Crippen LogP contribution in [-0.4, -0.2) is 61.7 Å². The SMILES string of the molecule is COC(=O)c1ccc(C(=O)N[C@@H]2CO[C@H]3[C@@H]2OC[C@H]3O)cc1. The van der Waals surface area contributed by atoms with Crippen LogP contribution in [-0.2, 0) is 14.2 Å². The fraction of sp³-hybridized carbons (Fsp3) is 0.467. The number of ether oxygens (including phenoxy) is 3. The summed E-state index contributed by atoms with van der Waals surface area (Å²) in [5, 5.41) is 12.5. The van der Waals surface area contributed by atoms with E-state index in [1.165, 1.54) is 19.2 Å². The lowest BCUT2D eigenvalue weighted by atomic mass is 10.1. The third-order valence-corrected chi connectivity index (χ3v) is 3.91. The van der Waals surface area contributed by atoms with E-state index in [9.17, 15) is 14.7 Å². The molecule has 2 aliphatic rings. The van der Waals surface area contributed by atoms with Gasteiger partial charge in [0.15, 0.2) is 0 Å². The highest BCUT2D eigenvalue weighted by Gasteiger charge is 2.47. The summed E-state index contributed by atoms with van der Waals surface area (Å²) in [7, 11) is 1.30. The maximum atomic E-state index is 12.2. The number of aliphatic hydroxyl groups is 1. The molecule has 0 radical (unpaired) electrons. The highest BCUT2D eigenvalue weighted by atomic mass is 16.6. The van der Waals surface area contributed by atoms with Gasteiger partial charge in [0.2, 0.25) is 0 Å². The van der Waals surface area contributed by atoms with Crippen LogP contribution in [0.4, 0.5) is 0 Å². The van der Waals surface area contributed by atoms with Crippen molar-refractivity contribution in [2.45, 2.75) is 24.4 Å². The van der Waals surface area contributed by atoms with Crippen LogP contribution in [0.5, 0.6) is 0 Å². The number of carbonyl (C=O) groups is 2. The van der Waals surface area contributed by atoms with Crippen LogP contribution in [0.25, 0.3) is 0 Å². The van der Waals surface area contributed by atoms with Gasteiger partial charge >= 0.3 is 5.97 Å². The third-order valence-electron chi connectivity index (χ3n) is 3.91. The summed E-state index contributed by atoms with van der Waals surface area (Å²) in [4.78, 5) is 23.6. The van der Waals surface area contributed by atoms with E-state index in [1.807, 2.05) is 0 Å². The number of amides is 1. The maximum absolute atomic E-state index is 12.2. The molecule has 118 valence electrons. The van der Waals surface area contributed by atoms with Crippen LogP contribution in [0.2, 0.25) is 0 Å². The van der Waals surface area contributed by atoms with Gasteiger partial charge in [0, 0.05) is 5.56 Å². The van der Waals surface area contributed by atoms with Crippen molar-refractivity contribution in [3.05, 3.63) is 35.4 Å². The van der Waals surface area contributed by atoms with Crippen molar-refractivity contribution in [1.29, 1.82) is 0 Å². The molecule has 3 rings (SSSR count). The number of benzene rings is 1. The van der Waals surface area contributed by atoms with Gasteiger partial charge in [-0.1, -0.05) is 0 Å². The van der Waals surface area contributed by atoms with Crippen molar-refractivity contribution in [3.63, 3.8) is 0 Å². The van der Waals surface area contributed by atoms with Crippen molar-refractivity contribution < 1.29 is 28.9 Å². The number of hydrogen-bond acceptors (Lipinski definition) is 6. The second kappa shape index (κ2) is 6.04. The molecule has 1 aromatic carbocycles. The lowest BCUT2D eigenvalue weighted by Crippen LogP contribution is -2.44. The molecular weight excluding hydrogens is 290 g/mol. The number of hydrogen-bond donors (Lipinski definition) is 2. The van der Waals surface area contributed by atoms with Gasteiger partial charge in [0.1, 0.15) is 18.3 Å². The van der Waals surface area contributed by atoms with Crippen LogP contribution in [0.15, 0.2) is 24.3 Å². The molecule has 0 saturated carbocycles. The van der Waals surface area contributed by atoms with E-state index in [-0.39, 0.29) is 30.8 Å². The maximum Gasteiger partial charge on any atom is 0.337 e. The molecule has 2 N–H and O–H groups in total. The predicted molar refractivity (Wildman–Crippen MR) is 74.5 cm³/mol. The zero-order chi connectivity index (χ0) is 15.7. The Balaban J connectivity index is 1.64. The Morgan fingerprint density at radius 1 is 1.14 bits per heavy atom. The van der Waals surface area contributed by atoms with Crippen molar-refractivity contribution in [3.8, 4) is 0 Å². The molecule has 7 nitrogen and oxygen atoms in total. The molecule has 0 unspecified atom stereocenters. The Bertz CT molecular complexity index is 572. The van der Waals surface area contributed by atoms with Crippen molar-refractivity contribution in [2.75, 3.05) is 20.3 Å². The fourth-order valence-corrected chi connectivity index (χ4v) is 2.73. The minimum absolute atomic E-state index is 0.218. The minimum Gasteiger partial charge on any atom is -0.465 e. The number of aliphatic hydroxyl groups excluding tert-OH is 1. The lowest BCUT2D eigenvalue weighted by molar-refractivity contribution is 0.0178. The summed E-state index contributed by atoms with van der Waals surface area (Å²) in [6, 6.07) is 5.88. The highest BCUT2D eigenvalue weighted by molar-refractivity contribution is 5.96. The third kappa shape index (κ3) is 2.70. The molecule has 2 aliphatic heterocycles. The Morgan fingerprint density at radius 3 is 2.45 bits per heavy atom. The summed E-state index contributed by atoms with van der Waals surface area (Å²) < 4.78 is 15.5. The molecule has 2 heterocycles. The van der Waals surface area contributed by atoms with E-state index in [2.05, 4.69) is 10.1 Å². The summed E-state index contributed by atoms with van der Waals surface area (Å²) in [6.45, 7) is 0.522. The average Bonchev–Trinajstić information content (AvgIpc) is 3.11. The Kier molecular flexibility index (Phi) is 4.10. The second-order valence-corrected chi connectivity index (χ2v) is 5.31. The molecule has 2 fully saturated rings. The highest BCUT2D eigenvalue weighted by Crippen LogP contribution is 2.27. The van der Waals surface area contributed by atoms with Gasteiger partial charge < -0.3 is 24.6 Å². The first-order valence-electron chi connectivity index (χ1n) is 7.00. The van der Waals surface area contributed by atoms with Crippen LogP contribution >= 0.6 is 0 Å². The topological polar surface area (TPSA) is 94.1 Å². The molecule has 4 atom stereocenters. The zero-order valence-corrected chi connectivity index (χ0v) is 12.0. The van der Waals surface area contributed by atoms with Crippen molar-refractivity contribution >= 4 is 11.9 Å². The molecule has 0 aliphatic carbocycles. The number of nitrogens with one attached hydrogen (secondary N) is 1. The van der Waals surface area contributed by atoms with Gasteiger partial charge in [-0.15, -0.1) is 0 Å². The smallest absolute Gasteiger partial charge is 0.337 e.